The second kappa shape index (κ2) is 3.32. The fraction of sp³-hybridized carbons (Fsp3) is 1.00. The normalized spacial score (nSPS) is 37.5. The van der Waals surface area contributed by atoms with Gasteiger partial charge >= 0.3 is 0 Å². The highest BCUT2D eigenvalue weighted by atomic mass is 16.3. The zero-order valence-electron chi connectivity index (χ0n) is 6.59. The van der Waals surface area contributed by atoms with Crippen LogP contribution in [0.4, 0.5) is 0 Å². The monoisotopic (exact) mass is 144 g/mol. The molecule has 1 fully saturated rings. The van der Waals surface area contributed by atoms with E-state index in [4.69, 9.17) is 5.11 Å². The molecule has 0 amide bonds. The molecule has 0 radical (unpaired) electrons. The van der Waals surface area contributed by atoms with Gasteiger partial charge in [0.25, 0.3) is 0 Å². The molecule has 0 bridgehead atoms. The minimum absolute atomic E-state index is 0.233. The second-order valence-electron chi connectivity index (χ2n) is 3.06. The predicted octanol–water partition coefficient (Wildman–Crippen LogP) is -0.683. The number of hydrogen-bond donors (Lipinski definition) is 3. The zero-order valence-corrected chi connectivity index (χ0v) is 6.59. The van der Waals surface area contributed by atoms with Crippen LogP contribution < -0.4 is 10.6 Å². The van der Waals surface area contributed by atoms with E-state index in [0.29, 0.717) is 6.04 Å². The Hall–Kier alpha value is -0.120. The molecule has 0 saturated carbocycles. The third-order valence-corrected chi connectivity index (χ3v) is 1.95. The lowest BCUT2D eigenvalue weighted by Crippen LogP contribution is -2.56. The van der Waals surface area contributed by atoms with Crippen molar-refractivity contribution in [2.45, 2.75) is 32.0 Å². The van der Waals surface area contributed by atoms with Crippen molar-refractivity contribution in [3.63, 3.8) is 0 Å². The Morgan fingerprint density at radius 3 is 2.50 bits per heavy atom. The highest BCUT2D eigenvalue weighted by molar-refractivity contribution is 4.83. The fourth-order valence-electron chi connectivity index (χ4n) is 1.14. The topological polar surface area (TPSA) is 44.3 Å². The molecular weight excluding hydrogens is 128 g/mol. The molecule has 0 aromatic rings. The first-order valence-corrected chi connectivity index (χ1v) is 3.85. The molecule has 3 nitrogen and oxygen atoms in total. The summed E-state index contributed by atoms with van der Waals surface area (Å²) in [7, 11) is 0. The smallest absolute Gasteiger partial charge is 0.0677 e. The van der Waals surface area contributed by atoms with Gasteiger partial charge in [-0.15, -0.1) is 0 Å². The Bertz CT molecular complexity index is 97.8. The van der Waals surface area contributed by atoms with Crippen molar-refractivity contribution in [1.82, 2.24) is 10.6 Å². The highest BCUT2D eigenvalue weighted by Crippen LogP contribution is 1.96. The minimum Gasteiger partial charge on any atom is -0.392 e. The van der Waals surface area contributed by atoms with Crippen LogP contribution in [-0.4, -0.2) is 36.4 Å². The Morgan fingerprint density at radius 1 is 1.40 bits per heavy atom. The molecule has 3 heteroatoms. The molecule has 1 aliphatic heterocycles. The van der Waals surface area contributed by atoms with Crippen LogP contribution in [0.3, 0.4) is 0 Å². The minimum atomic E-state index is -0.250. The lowest BCUT2D eigenvalue weighted by atomic mass is 10.1. The molecule has 3 N–H and O–H groups in total. The van der Waals surface area contributed by atoms with E-state index >= 15 is 0 Å². The first-order chi connectivity index (χ1) is 4.70. The van der Waals surface area contributed by atoms with Crippen molar-refractivity contribution in [2.75, 3.05) is 13.1 Å². The maximum atomic E-state index is 9.16. The van der Waals surface area contributed by atoms with Crippen molar-refractivity contribution >= 4 is 0 Å². The molecule has 1 heterocycles. The molecular formula is C7H16N2O. The lowest BCUT2D eigenvalue weighted by molar-refractivity contribution is 0.129. The fourth-order valence-corrected chi connectivity index (χ4v) is 1.14. The molecule has 60 valence electrons. The van der Waals surface area contributed by atoms with E-state index in [9.17, 15) is 0 Å². The van der Waals surface area contributed by atoms with Gasteiger partial charge in [0, 0.05) is 25.2 Å². The molecule has 1 saturated heterocycles. The summed E-state index contributed by atoms with van der Waals surface area (Å²) in [5, 5.41) is 15.7. The van der Waals surface area contributed by atoms with E-state index < -0.39 is 0 Å². The summed E-state index contributed by atoms with van der Waals surface area (Å²) >= 11 is 0. The third kappa shape index (κ3) is 1.94. The SMILES string of the molecule is CC1CNC(C(C)O)CN1. The van der Waals surface area contributed by atoms with Crippen LogP contribution in [0.1, 0.15) is 13.8 Å². The third-order valence-electron chi connectivity index (χ3n) is 1.95. The first kappa shape index (κ1) is 7.98. The van der Waals surface area contributed by atoms with Crippen molar-refractivity contribution in [3.8, 4) is 0 Å². The summed E-state index contributed by atoms with van der Waals surface area (Å²) in [6.45, 7) is 5.77. The van der Waals surface area contributed by atoms with Crippen LogP contribution in [0, 0.1) is 0 Å². The van der Waals surface area contributed by atoms with E-state index in [2.05, 4.69) is 17.6 Å². The maximum Gasteiger partial charge on any atom is 0.0677 e. The number of piperazine rings is 1. The van der Waals surface area contributed by atoms with Gasteiger partial charge in [0.15, 0.2) is 0 Å². The molecule has 0 aromatic carbocycles. The average Bonchev–Trinajstić information content (AvgIpc) is 1.88. The molecule has 10 heavy (non-hydrogen) atoms. The van der Waals surface area contributed by atoms with Gasteiger partial charge in [-0.05, 0) is 13.8 Å². The Balaban J connectivity index is 2.26. The molecule has 3 atom stereocenters. The van der Waals surface area contributed by atoms with Gasteiger partial charge in [-0.2, -0.15) is 0 Å². The van der Waals surface area contributed by atoms with Crippen molar-refractivity contribution in [1.29, 1.82) is 0 Å². The van der Waals surface area contributed by atoms with Crippen molar-refractivity contribution in [3.05, 3.63) is 0 Å². The van der Waals surface area contributed by atoms with Crippen molar-refractivity contribution < 1.29 is 5.11 Å². The van der Waals surface area contributed by atoms with Crippen LogP contribution >= 0.6 is 0 Å². The number of aliphatic hydroxyl groups is 1. The zero-order chi connectivity index (χ0) is 7.56. The van der Waals surface area contributed by atoms with Crippen LogP contribution in [0.5, 0.6) is 0 Å². The van der Waals surface area contributed by atoms with Gasteiger partial charge in [0.2, 0.25) is 0 Å². The van der Waals surface area contributed by atoms with Crippen LogP contribution in [-0.2, 0) is 0 Å². The summed E-state index contributed by atoms with van der Waals surface area (Å²) in [5.41, 5.74) is 0. The molecule has 1 rings (SSSR count). The van der Waals surface area contributed by atoms with Crippen LogP contribution in [0.2, 0.25) is 0 Å². The summed E-state index contributed by atoms with van der Waals surface area (Å²) in [6.07, 6.45) is -0.250. The quantitative estimate of drug-likeness (QED) is 0.457. The van der Waals surface area contributed by atoms with E-state index in [-0.39, 0.29) is 12.1 Å². The summed E-state index contributed by atoms with van der Waals surface area (Å²) in [5.74, 6) is 0. The number of hydrogen-bond acceptors (Lipinski definition) is 3. The first-order valence-electron chi connectivity index (χ1n) is 3.85. The second-order valence-corrected chi connectivity index (χ2v) is 3.06. The Morgan fingerprint density at radius 2 is 2.10 bits per heavy atom. The standard InChI is InChI=1S/C7H16N2O/c1-5-3-9-7(4-8-5)6(2)10/h5-10H,3-4H2,1-2H3. The van der Waals surface area contributed by atoms with Gasteiger partial charge in [-0.3, -0.25) is 0 Å². The average molecular weight is 144 g/mol. The largest absolute Gasteiger partial charge is 0.392 e. The molecule has 3 unspecified atom stereocenters. The molecule has 0 aliphatic carbocycles. The van der Waals surface area contributed by atoms with Crippen LogP contribution in [0.15, 0.2) is 0 Å². The number of rotatable bonds is 1. The van der Waals surface area contributed by atoms with Gasteiger partial charge in [0.1, 0.15) is 0 Å². The summed E-state index contributed by atoms with van der Waals surface area (Å²) in [4.78, 5) is 0. The van der Waals surface area contributed by atoms with Gasteiger partial charge in [-0.1, -0.05) is 0 Å². The van der Waals surface area contributed by atoms with E-state index in [1.54, 1.807) is 0 Å². The van der Waals surface area contributed by atoms with Gasteiger partial charge in [-0.25, -0.2) is 0 Å². The summed E-state index contributed by atoms with van der Waals surface area (Å²) < 4.78 is 0. The van der Waals surface area contributed by atoms with E-state index in [0.717, 1.165) is 13.1 Å². The number of nitrogens with one attached hydrogen (secondary N) is 2. The lowest BCUT2D eigenvalue weighted by Gasteiger charge is -2.30. The van der Waals surface area contributed by atoms with Crippen molar-refractivity contribution in [2.24, 2.45) is 0 Å². The van der Waals surface area contributed by atoms with E-state index in [1.165, 1.54) is 0 Å². The Labute approximate surface area is 61.8 Å². The van der Waals surface area contributed by atoms with E-state index in [1.807, 2.05) is 6.92 Å². The maximum absolute atomic E-state index is 9.16. The van der Waals surface area contributed by atoms with Crippen LogP contribution in [0.25, 0.3) is 0 Å². The molecule has 0 spiro atoms. The highest BCUT2D eigenvalue weighted by Gasteiger charge is 2.19. The molecule has 1 aliphatic rings. The Kier molecular flexibility index (Phi) is 2.65. The number of aliphatic hydroxyl groups excluding tert-OH is 1. The van der Waals surface area contributed by atoms with Gasteiger partial charge in [0.05, 0.1) is 6.10 Å². The molecule has 0 aromatic heterocycles. The van der Waals surface area contributed by atoms with Gasteiger partial charge < -0.3 is 15.7 Å². The summed E-state index contributed by atoms with van der Waals surface area (Å²) in [6, 6.07) is 0.770. The predicted molar refractivity (Wildman–Crippen MR) is 40.9 cm³/mol.